The van der Waals surface area contributed by atoms with Crippen molar-refractivity contribution in [2.24, 2.45) is 0 Å². The third-order valence-electron chi connectivity index (χ3n) is 2.16. The van der Waals surface area contributed by atoms with Crippen LogP contribution in [0, 0.1) is 0 Å². The van der Waals surface area contributed by atoms with E-state index in [0.29, 0.717) is 0 Å². The second kappa shape index (κ2) is 5.54. The molecule has 0 aliphatic rings. The normalized spacial score (nSPS) is 15.1. The van der Waals surface area contributed by atoms with Gasteiger partial charge in [-0.2, -0.15) is 0 Å². The Labute approximate surface area is 91.9 Å². The lowest BCUT2D eigenvalue weighted by Gasteiger charge is -2.20. The van der Waals surface area contributed by atoms with Gasteiger partial charge in [0.05, 0.1) is 0 Å². The highest BCUT2D eigenvalue weighted by atomic mass is 35.6. The number of rotatable bonds is 5. The lowest BCUT2D eigenvalue weighted by Crippen LogP contribution is -2.42. The Hall–Kier alpha value is -0.313. The first-order valence-corrected chi connectivity index (χ1v) is 8.47. The molecule has 0 fully saturated rings. The van der Waals surface area contributed by atoms with Crippen LogP contribution in [0.4, 0.5) is 0 Å². The molecule has 0 bridgehead atoms. The van der Waals surface area contributed by atoms with Gasteiger partial charge >= 0.3 is 7.63 Å². The van der Waals surface area contributed by atoms with Crippen LogP contribution >= 0.6 is 11.1 Å². The molecule has 0 aromatic heterocycles. The Morgan fingerprint density at radius 2 is 1.93 bits per heavy atom. The first-order valence-electron chi connectivity index (χ1n) is 5.05. The van der Waals surface area contributed by atoms with E-state index in [9.17, 15) is 0 Å². The fourth-order valence-electron chi connectivity index (χ4n) is 1.23. The van der Waals surface area contributed by atoms with Crippen molar-refractivity contribution in [3.05, 3.63) is 30.3 Å². The van der Waals surface area contributed by atoms with E-state index in [1.54, 1.807) is 0 Å². The van der Waals surface area contributed by atoms with E-state index in [4.69, 9.17) is 15.5 Å². The van der Waals surface area contributed by atoms with E-state index >= 15 is 0 Å². The lowest BCUT2D eigenvalue weighted by atomic mass is 10.4. The van der Waals surface area contributed by atoms with E-state index in [0.717, 1.165) is 24.6 Å². The average Bonchev–Trinajstić information content (AvgIpc) is 2.19. The molecular weight excluding hydrogens is 212 g/mol. The minimum Gasteiger partial charge on any atom is -0.400 e. The predicted molar refractivity (Wildman–Crippen MR) is 64.4 cm³/mol. The van der Waals surface area contributed by atoms with Gasteiger partial charge in [0.25, 0.3) is 0 Å². The van der Waals surface area contributed by atoms with Crippen LogP contribution < -0.4 is 5.19 Å². The molecule has 14 heavy (non-hydrogen) atoms. The molecule has 3 heteroatoms. The molecule has 0 aliphatic carbocycles. The monoisotopic (exact) mass is 228 g/mol. The van der Waals surface area contributed by atoms with Crippen molar-refractivity contribution in [1.29, 1.82) is 0 Å². The number of benzene rings is 1. The van der Waals surface area contributed by atoms with Crippen molar-refractivity contribution in [2.45, 2.75) is 26.3 Å². The van der Waals surface area contributed by atoms with Gasteiger partial charge in [-0.3, -0.25) is 0 Å². The molecule has 0 spiro atoms. The summed E-state index contributed by atoms with van der Waals surface area (Å²) in [6.45, 7) is 4.95. The van der Waals surface area contributed by atoms with E-state index in [-0.39, 0.29) is 0 Å². The van der Waals surface area contributed by atoms with E-state index in [1.807, 2.05) is 36.9 Å². The maximum absolute atomic E-state index is 6.41. The van der Waals surface area contributed by atoms with Gasteiger partial charge in [0.15, 0.2) is 0 Å². The Bertz CT molecular complexity index is 261. The Balaban J connectivity index is 2.56. The molecule has 0 radical (unpaired) electrons. The van der Waals surface area contributed by atoms with Crippen molar-refractivity contribution in [2.75, 3.05) is 6.61 Å². The van der Waals surface area contributed by atoms with Crippen LogP contribution in [0.25, 0.3) is 0 Å². The Morgan fingerprint density at radius 1 is 1.29 bits per heavy atom. The molecule has 1 rings (SSSR count). The average molecular weight is 229 g/mol. The van der Waals surface area contributed by atoms with Crippen LogP contribution in [0.15, 0.2) is 30.3 Å². The maximum atomic E-state index is 6.41. The molecule has 1 atom stereocenters. The van der Waals surface area contributed by atoms with Gasteiger partial charge in [-0.1, -0.05) is 43.7 Å². The Morgan fingerprint density at radius 3 is 2.50 bits per heavy atom. The number of halogens is 1. The van der Waals surface area contributed by atoms with Crippen molar-refractivity contribution in [3.63, 3.8) is 0 Å². The zero-order valence-corrected chi connectivity index (χ0v) is 10.6. The summed E-state index contributed by atoms with van der Waals surface area (Å²) in [7, 11) is -2.14. The zero-order chi connectivity index (χ0) is 10.4. The van der Waals surface area contributed by atoms with Gasteiger partial charge in [-0.05, 0) is 18.2 Å². The molecule has 1 unspecified atom stereocenters. The smallest absolute Gasteiger partial charge is 0.319 e. The molecular formula is C11H17ClOSi. The number of hydrogen-bond acceptors (Lipinski definition) is 1. The van der Waals surface area contributed by atoms with Crippen LogP contribution in [0.1, 0.15) is 19.8 Å². The molecule has 0 N–H and O–H groups in total. The molecule has 0 aliphatic heterocycles. The zero-order valence-electron chi connectivity index (χ0n) is 8.79. The van der Waals surface area contributed by atoms with Gasteiger partial charge in [-0.15, -0.1) is 11.1 Å². The van der Waals surface area contributed by atoms with Crippen LogP contribution in [-0.4, -0.2) is 14.2 Å². The van der Waals surface area contributed by atoms with E-state index in [1.165, 1.54) is 0 Å². The van der Waals surface area contributed by atoms with Crippen LogP contribution in [0.3, 0.4) is 0 Å². The summed E-state index contributed by atoms with van der Waals surface area (Å²) in [4.78, 5) is 0. The molecule has 0 saturated heterocycles. The highest BCUT2D eigenvalue weighted by Crippen LogP contribution is 2.11. The molecule has 0 heterocycles. The number of unbranched alkanes of at least 4 members (excludes halogenated alkanes) is 1. The van der Waals surface area contributed by atoms with Crippen molar-refractivity contribution >= 4 is 23.9 Å². The quantitative estimate of drug-likeness (QED) is 0.428. The molecule has 0 amide bonds. The first-order chi connectivity index (χ1) is 6.67. The summed E-state index contributed by atoms with van der Waals surface area (Å²) < 4.78 is 5.76. The summed E-state index contributed by atoms with van der Waals surface area (Å²) in [6, 6.07) is 10.1. The standard InChI is InChI=1S/C11H17ClOSi/c1-3-4-10-13-14(2,12)11-8-6-5-7-9-11/h5-9H,3-4,10H2,1-2H3. The topological polar surface area (TPSA) is 9.23 Å². The van der Waals surface area contributed by atoms with Crippen LogP contribution in [0.2, 0.25) is 6.55 Å². The number of hydrogen-bond donors (Lipinski definition) is 0. The van der Waals surface area contributed by atoms with Crippen molar-refractivity contribution < 1.29 is 4.43 Å². The summed E-state index contributed by atoms with van der Waals surface area (Å²) in [5.41, 5.74) is 0. The summed E-state index contributed by atoms with van der Waals surface area (Å²) in [6.07, 6.45) is 2.23. The van der Waals surface area contributed by atoms with Crippen LogP contribution in [0.5, 0.6) is 0 Å². The lowest BCUT2D eigenvalue weighted by molar-refractivity contribution is 0.315. The Kier molecular flexibility index (Phi) is 4.65. The van der Waals surface area contributed by atoms with Gasteiger partial charge in [0.1, 0.15) is 0 Å². The van der Waals surface area contributed by atoms with Gasteiger partial charge in [0, 0.05) is 6.61 Å². The first kappa shape index (κ1) is 11.8. The third kappa shape index (κ3) is 3.44. The van der Waals surface area contributed by atoms with Crippen molar-refractivity contribution in [1.82, 2.24) is 0 Å². The minimum atomic E-state index is -2.14. The second-order valence-electron chi connectivity index (χ2n) is 3.48. The summed E-state index contributed by atoms with van der Waals surface area (Å²) >= 11 is 6.41. The fraction of sp³-hybridized carbons (Fsp3) is 0.455. The van der Waals surface area contributed by atoms with E-state index < -0.39 is 7.63 Å². The highest BCUT2D eigenvalue weighted by molar-refractivity contribution is 7.23. The van der Waals surface area contributed by atoms with Gasteiger partial charge in [-0.25, -0.2) is 0 Å². The van der Waals surface area contributed by atoms with Crippen molar-refractivity contribution in [3.8, 4) is 0 Å². The predicted octanol–water partition coefficient (Wildman–Crippen LogP) is 3.02. The molecule has 1 nitrogen and oxygen atoms in total. The molecule has 78 valence electrons. The molecule has 0 saturated carbocycles. The minimum absolute atomic E-state index is 0.775. The third-order valence-corrected chi connectivity index (χ3v) is 5.25. The summed E-state index contributed by atoms with van der Waals surface area (Å²) in [5, 5.41) is 1.15. The highest BCUT2D eigenvalue weighted by Gasteiger charge is 2.28. The molecule has 1 aromatic rings. The SMILES string of the molecule is CCCCO[Si](C)(Cl)c1ccccc1. The maximum Gasteiger partial charge on any atom is 0.319 e. The fourth-order valence-corrected chi connectivity index (χ4v) is 3.32. The molecule has 1 aromatic carbocycles. The summed E-state index contributed by atoms with van der Waals surface area (Å²) in [5.74, 6) is 0. The van der Waals surface area contributed by atoms with E-state index in [2.05, 4.69) is 6.92 Å². The van der Waals surface area contributed by atoms with Crippen LogP contribution in [-0.2, 0) is 4.43 Å². The van der Waals surface area contributed by atoms with Gasteiger partial charge < -0.3 is 4.43 Å². The largest absolute Gasteiger partial charge is 0.400 e. The van der Waals surface area contributed by atoms with Gasteiger partial charge in [0.2, 0.25) is 0 Å². The second-order valence-corrected chi connectivity index (χ2v) is 8.35.